The van der Waals surface area contributed by atoms with E-state index in [1.807, 2.05) is 0 Å². The van der Waals surface area contributed by atoms with Crippen LogP contribution in [0.2, 0.25) is 0 Å². The number of aldehydes is 1. The van der Waals surface area contributed by atoms with Crippen molar-refractivity contribution in [1.82, 2.24) is 4.90 Å². The van der Waals surface area contributed by atoms with E-state index in [1.165, 1.54) is 0 Å². The second kappa shape index (κ2) is 4.07. The fraction of sp³-hybridized carbons (Fsp3) is 0.833. The van der Waals surface area contributed by atoms with Gasteiger partial charge in [-0.2, -0.15) is 0 Å². The van der Waals surface area contributed by atoms with E-state index in [0.29, 0.717) is 0 Å². The molecule has 0 radical (unpaired) electrons. The van der Waals surface area contributed by atoms with Crippen LogP contribution in [-0.2, 0) is 4.79 Å². The van der Waals surface area contributed by atoms with Gasteiger partial charge >= 0.3 is 6.09 Å². The predicted octanol–water partition coefficient (Wildman–Crippen LogP) is 2.28. The number of nitrogens with zero attached hydrogens (tertiary/aromatic N) is 1. The molecule has 2 fully saturated rings. The van der Waals surface area contributed by atoms with Gasteiger partial charge in [0.1, 0.15) is 6.29 Å². The first-order chi connectivity index (χ1) is 7.64. The zero-order valence-electron chi connectivity index (χ0n) is 9.69. The van der Waals surface area contributed by atoms with Crippen molar-refractivity contribution < 1.29 is 14.7 Å². The van der Waals surface area contributed by atoms with Crippen LogP contribution in [-0.4, -0.2) is 34.5 Å². The molecule has 0 saturated carbocycles. The largest absolute Gasteiger partial charge is 0.465 e. The Hall–Kier alpha value is -1.06. The molecule has 4 heteroatoms. The van der Waals surface area contributed by atoms with Crippen molar-refractivity contribution >= 4 is 12.4 Å². The van der Waals surface area contributed by atoms with Crippen molar-refractivity contribution in [3.05, 3.63) is 0 Å². The minimum atomic E-state index is -0.852. The van der Waals surface area contributed by atoms with Gasteiger partial charge in [0.25, 0.3) is 0 Å². The molecule has 0 aromatic rings. The molecule has 1 N–H and O–H groups in total. The van der Waals surface area contributed by atoms with E-state index in [0.717, 1.165) is 44.8 Å². The number of carbonyl (C=O) groups is 2. The molecule has 1 amide bonds. The average molecular weight is 225 g/mol. The summed E-state index contributed by atoms with van der Waals surface area (Å²) in [5.74, 6) is 0. The second-order valence-corrected chi connectivity index (χ2v) is 5.08. The van der Waals surface area contributed by atoms with Gasteiger partial charge in [-0.1, -0.05) is 13.3 Å². The Kier molecular flexibility index (Phi) is 2.91. The Morgan fingerprint density at radius 2 is 2.25 bits per heavy atom. The average Bonchev–Trinajstić information content (AvgIpc) is 2.61. The van der Waals surface area contributed by atoms with Crippen LogP contribution in [0.25, 0.3) is 0 Å². The Morgan fingerprint density at radius 3 is 2.81 bits per heavy atom. The number of rotatable bonds is 3. The molecular weight excluding hydrogens is 206 g/mol. The third-order valence-electron chi connectivity index (χ3n) is 4.28. The number of fused-ring (bicyclic) bond motifs is 2. The molecular formula is C12H19NO3. The zero-order chi connectivity index (χ0) is 11.8. The molecule has 16 heavy (non-hydrogen) atoms. The lowest BCUT2D eigenvalue weighted by Crippen LogP contribution is -2.54. The van der Waals surface area contributed by atoms with Crippen LogP contribution in [0, 0.1) is 5.41 Å². The number of carboxylic acid groups (broad SMARTS) is 1. The van der Waals surface area contributed by atoms with Crippen LogP contribution in [0.3, 0.4) is 0 Å². The van der Waals surface area contributed by atoms with E-state index in [2.05, 4.69) is 6.92 Å². The van der Waals surface area contributed by atoms with Crippen molar-refractivity contribution in [2.75, 3.05) is 0 Å². The van der Waals surface area contributed by atoms with Crippen LogP contribution in [0.4, 0.5) is 4.79 Å². The number of carbonyl (C=O) groups excluding carboxylic acids is 1. The minimum absolute atomic E-state index is 0.0683. The van der Waals surface area contributed by atoms with Gasteiger partial charge in [0.05, 0.1) is 0 Å². The lowest BCUT2D eigenvalue weighted by Gasteiger charge is -2.44. The fourth-order valence-electron chi connectivity index (χ4n) is 3.58. The molecule has 3 unspecified atom stereocenters. The monoisotopic (exact) mass is 225 g/mol. The number of hydrogen-bond donors (Lipinski definition) is 1. The maximum atomic E-state index is 11.4. The van der Waals surface area contributed by atoms with Crippen LogP contribution in [0.15, 0.2) is 0 Å². The van der Waals surface area contributed by atoms with Crippen molar-refractivity contribution in [3.8, 4) is 0 Å². The SMILES string of the molecule is CCCC1(C=O)CCC2CCC1N2C(=O)O. The van der Waals surface area contributed by atoms with Crippen LogP contribution in [0.5, 0.6) is 0 Å². The first-order valence-electron chi connectivity index (χ1n) is 6.12. The predicted molar refractivity (Wildman–Crippen MR) is 59.3 cm³/mol. The van der Waals surface area contributed by atoms with Gasteiger partial charge in [-0.25, -0.2) is 4.79 Å². The van der Waals surface area contributed by atoms with Gasteiger partial charge in [-0.3, -0.25) is 0 Å². The first kappa shape index (κ1) is 11.4. The van der Waals surface area contributed by atoms with Gasteiger partial charge in [0, 0.05) is 17.5 Å². The summed E-state index contributed by atoms with van der Waals surface area (Å²) in [6.07, 6.45) is 5.43. The van der Waals surface area contributed by atoms with Gasteiger partial charge in [-0.15, -0.1) is 0 Å². The molecule has 0 aromatic heterocycles. The highest BCUT2D eigenvalue weighted by molar-refractivity contribution is 5.70. The molecule has 0 spiro atoms. The Labute approximate surface area is 95.6 Å². The molecule has 2 aliphatic rings. The van der Waals surface area contributed by atoms with Gasteiger partial charge in [0.2, 0.25) is 0 Å². The molecule has 3 atom stereocenters. The molecule has 2 aliphatic heterocycles. The number of piperidine rings is 1. The van der Waals surface area contributed by atoms with Crippen LogP contribution >= 0.6 is 0 Å². The smallest absolute Gasteiger partial charge is 0.407 e. The van der Waals surface area contributed by atoms with Crippen molar-refractivity contribution in [3.63, 3.8) is 0 Å². The molecule has 0 aromatic carbocycles. The van der Waals surface area contributed by atoms with E-state index in [1.54, 1.807) is 4.90 Å². The molecule has 90 valence electrons. The van der Waals surface area contributed by atoms with E-state index in [4.69, 9.17) is 0 Å². The summed E-state index contributed by atoms with van der Waals surface area (Å²) in [6, 6.07) is 0.0913. The lowest BCUT2D eigenvalue weighted by molar-refractivity contribution is -0.122. The quantitative estimate of drug-likeness (QED) is 0.749. The highest BCUT2D eigenvalue weighted by atomic mass is 16.4. The summed E-state index contributed by atoms with van der Waals surface area (Å²) in [5, 5.41) is 9.23. The summed E-state index contributed by atoms with van der Waals surface area (Å²) in [7, 11) is 0. The topological polar surface area (TPSA) is 57.6 Å². The van der Waals surface area contributed by atoms with Gasteiger partial charge < -0.3 is 14.8 Å². The highest BCUT2D eigenvalue weighted by Crippen LogP contribution is 2.48. The maximum Gasteiger partial charge on any atom is 0.407 e. The molecule has 2 bridgehead atoms. The molecule has 2 saturated heterocycles. The van der Waals surface area contributed by atoms with Crippen molar-refractivity contribution in [1.29, 1.82) is 0 Å². The summed E-state index contributed by atoms with van der Waals surface area (Å²) < 4.78 is 0. The first-order valence-corrected chi connectivity index (χ1v) is 6.12. The minimum Gasteiger partial charge on any atom is -0.465 e. The molecule has 2 heterocycles. The second-order valence-electron chi connectivity index (χ2n) is 5.08. The maximum absolute atomic E-state index is 11.4. The van der Waals surface area contributed by atoms with Crippen LogP contribution < -0.4 is 0 Å². The van der Waals surface area contributed by atoms with Crippen molar-refractivity contribution in [2.45, 2.75) is 57.5 Å². The zero-order valence-corrected chi connectivity index (χ0v) is 9.69. The lowest BCUT2D eigenvalue weighted by atomic mass is 9.72. The molecule has 2 rings (SSSR count). The van der Waals surface area contributed by atoms with Crippen LogP contribution in [0.1, 0.15) is 45.4 Å². The van der Waals surface area contributed by atoms with Crippen molar-refractivity contribution in [2.24, 2.45) is 5.41 Å². The number of amides is 1. The van der Waals surface area contributed by atoms with E-state index < -0.39 is 11.5 Å². The Bertz CT molecular complexity index is 305. The summed E-state index contributed by atoms with van der Waals surface area (Å²) >= 11 is 0. The summed E-state index contributed by atoms with van der Waals surface area (Å²) in [6.45, 7) is 2.05. The Morgan fingerprint density at radius 1 is 1.50 bits per heavy atom. The third-order valence-corrected chi connectivity index (χ3v) is 4.28. The summed E-state index contributed by atoms with van der Waals surface area (Å²) in [5.41, 5.74) is -0.403. The molecule has 4 nitrogen and oxygen atoms in total. The van der Waals surface area contributed by atoms with Gasteiger partial charge in [-0.05, 0) is 32.1 Å². The van der Waals surface area contributed by atoms with E-state index in [9.17, 15) is 14.7 Å². The standard InChI is InChI=1S/C12H19NO3/c1-2-6-12(8-14)7-5-9-3-4-10(12)13(9)11(15)16/h8-10H,2-7H2,1H3,(H,15,16). The number of hydrogen-bond acceptors (Lipinski definition) is 2. The van der Waals surface area contributed by atoms with E-state index in [-0.39, 0.29) is 12.1 Å². The third kappa shape index (κ3) is 1.51. The molecule has 0 aliphatic carbocycles. The van der Waals surface area contributed by atoms with Gasteiger partial charge in [0.15, 0.2) is 0 Å². The fourth-order valence-corrected chi connectivity index (χ4v) is 3.58. The normalized spacial score (nSPS) is 37.4. The van der Waals surface area contributed by atoms with E-state index >= 15 is 0 Å². The highest BCUT2D eigenvalue weighted by Gasteiger charge is 2.52. The Balaban J connectivity index is 2.28. The summed E-state index contributed by atoms with van der Waals surface area (Å²) in [4.78, 5) is 24.2.